The van der Waals surface area contributed by atoms with Crippen LogP contribution in [0.4, 0.5) is 4.39 Å². The van der Waals surface area contributed by atoms with Crippen LogP contribution in [0.5, 0.6) is 0 Å². The van der Waals surface area contributed by atoms with Crippen molar-refractivity contribution < 1.29 is 18.3 Å². The monoisotopic (exact) mass is 470 g/mol. The van der Waals surface area contributed by atoms with Gasteiger partial charge in [-0.25, -0.2) is 14.4 Å². The molecule has 0 fully saturated rings. The van der Waals surface area contributed by atoms with E-state index in [9.17, 15) is 9.18 Å². The minimum atomic E-state index is -0.323. The lowest BCUT2D eigenvalue weighted by Gasteiger charge is -2.03. The Labute approximate surface area is 201 Å². The summed E-state index contributed by atoms with van der Waals surface area (Å²) in [6.07, 6.45) is 4.23. The molecule has 0 N–H and O–H groups in total. The van der Waals surface area contributed by atoms with Crippen molar-refractivity contribution in [3.05, 3.63) is 79.0 Å². The normalized spacial score (nSPS) is 11.1. The van der Waals surface area contributed by atoms with E-state index in [4.69, 9.17) is 14.3 Å². The molecule has 0 bridgehead atoms. The minimum absolute atomic E-state index is 0.233. The van der Waals surface area contributed by atoms with Crippen molar-refractivity contribution in [3.8, 4) is 33.8 Å². The fraction of sp³-hybridized carbons (Fsp3) is 0.185. The second-order valence-corrected chi connectivity index (χ2v) is 7.99. The largest absolute Gasteiger partial charge is 0.466 e. The van der Waals surface area contributed by atoms with Gasteiger partial charge in [-0.3, -0.25) is 9.48 Å². The number of rotatable bonds is 8. The van der Waals surface area contributed by atoms with Crippen molar-refractivity contribution in [3.63, 3.8) is 0 Å². The van der Waals surface area contributed by atoms with Crippen molar-refractivity contribution in [2.75, 3.05) is 6.61 Å². The number of ether oxygens (including phenoxy) is 1. The highest BCUT2D eigenvalue weighted by atomic mass is 19.1. The maximum atomic E-state index is 13.6. The second kappa shape index (κ2) is 9.89. The van der Waals surface area contributed by atoms with Gasteiger partial charge in [-0.05, 0) is 43.7 Å². The number of hydrogen-bond acceptors (Lipinski definition) is 6. The molecule has 176 valence electrons. The van der Waals surface area contributed by atoms with Gasteiger partial charge < -0.3 is 9.15 Å². The van der Waals surface area contributed by atoms with Gasteiger partial charge in [0, 0.05) is 35.9 Å². The number of furan rings is 1. The van der Waals surface area contributed by atoms with Gasteiger partial charge in [0.25, 0.3) is 0 Å². The molecule has 2 aromatic carbocycles. The molecular formula is C27H23FN4O3. The predicted octanol–water partition coefficient (Wildman–Crippen LogP) is 5.90. The molecule has 0 aliphatic heterocycles. The van der Waals surface area contributed by atoms with Gasteiger partial charge >= 0.3 is 5.97 Å². The molecule has 5 aromatic rings. The van der Waals surface area contributed by atoms with Crippen LogP contribution in [0.3, 0.4) is 0 Å². The van der Waals surface area contributed by atoms with Gasteiger partial charge in [-0.1, -0.05) is 30.3 Å². The lowest BCUT2D eigenvalue weighted by atomic mass is 10.0. The molecule has 0 spiro atoms. The quantitative estimate of drug-likeness (QED) is 0.263. The first-order chi connectivity index (χ1) is 17.1. The summed E-state index contributed by atoms with van der Waals surface area (Å²) in [6.45, 7) is 2.66. The van der Waals surface area contributed by atoms with Gasteiger partial charge in [0.1, 0.15) is 23.6 Å². The van der Waals surface area contributed by atoms with Crippen LogP contribution in [0.1, 0.15) is 19.8 Å². The van der Waals surface area contributed by atoms with Crippen molar-refractivity contribution in [1.29, 1.82) is 0 Å². The van der Waals surface area contributed by atoms with Crippen LogP contribution in [0.2, 0.25) is 0 Å². The van der Waals surface area contributed by atoms with Gasteiger partial charge in [0.15, 0.2) is 0 Å². The molecule has 0 radical (unpaired) electrons. The molecule has 35 heavy (non-hydrogen) atoms. The number of aromatic nitrogens is 4. The molecule has 0 saturated carbocycles. The highest BCUT2D eigenvalue weighted by Gasteiger charge is 2.20. The topological polar surface area (TPSA) is 83.0 Å². The summed E-state index contributed by atoms with van der Waals surface area (Å²) in [4.78, 5) is 20.6. The van der Waals surface area contributed by atoms with E-state index < -0.39 is 0 Å². The predicted molar refractivity (Wildman–Crippen MR) is 130 cm³/mol. The van der Waals surface area contributed by atoms with Crippen LogP contribution in [0, 0.1) is 5.82 Å². The van der Waals surface area contributed by atoms with Crippen molar-refractivity contribution in [2.45, 2.75) is 26.3 Å². The Balaban J connectivity index is 1.56. The first kappa shape index (κ1) is 22.5. The summed E-state index contributed by atoms with van der Waals surface area (Å²) in [7, 11) is 0. The zero-order chi connectivity index (χ0) is 24.2. The number of fused-ring (bicyclic) bond motifs is 1. The number of carbonyl (C=O) groups is 1. The van der Waals surface area contributed by atoms with Crippen LogP contribution in [0.15, 0.2) is 77.6 Å². The fourth-order valence-corrected chi connectivity index (χ4v) is 3.96. The third-order valence-corrected chi connectivity index (χ3v) is 5.60. The van der Waals surface area contributed by atoms with E-state index in [-0.39, 0.29) is 11.8 Å². The molecule has 7 nitrogen and oxygen atoms in total. The molecule has 0 aliphatic carbocycles. The Morgan fingerprint density at radius 3 is 2.60 bits per heavy atom. The molecule has 5 rings (SSSR count). The molecule has 3 aromatic heterocycles. The molecule has 8 heteroatoms. The van der Waals surface area contributed by atoms with Gasteiger partial charge in [0.05, 0.1) is 17.7 Å². The highest BCUT2D eigenvalue weighted by molar-refractivity contribution is 5.95. The third-order valence-electron chi connectivity index (χ3n) is 5.60. The average molecular weight is 471 g/mol. The summed E-state index contributed by atoms with van der Waals surface area (Å²) < 4.78 is 26.4. The smallest absolute Gasteiger partial charge is 0.305 e. The van der Waals surface area contributed by atoms with Crippen LogP contribution in [-0.4, -0.2) is 32.3 Å². The molecular weight excluding hydrogens is 447 g/mol. The number of benzene rings is 2. The highest BCUT2D eigenvalue weighted by Crippen LogP contribution is 2.36. The molecule has 0 unspecified atom stereocenters. The zero-order valence-corrected chi connectivity index (χ0v) is 19.1. The molecule has 0 atom stereocenters. The Bertz CT molecular complexity index is 1460. The Morgan fingerprint density at radius 1 is 1.03 bits per heavy atom. The fourth-order valence-electron chi connectivity index (χ4n) is 3.96. The summed E-state index contributed by atoms with van der Waals surface area (Å²) in [5.41, 5.74) is 4.24. The van der Waals surface area contributed by atoms with E-state index in [0.717, 1.165) is 22.1 Å². The second-order valence-electron chi connectivity index (χ2n) is 7.99. The summed E-state index contributed by atoms with van der Waals surface area (Å²) >= 11 is 0. The Kier molecular flexibility index (Phi) is 6.34. The summed E-state index contributed by atoms with van der Waals surface area (Å²) in [6, 6.07) is 17.9. The Hall–Kier alpha value is -4.33. The van der Waals surface area contributed by atoms with E-state index in [1.807, 2.05) is 42.6 Å². The van der Waals surface area contributed by atoms with Crippen LogP contribution >= 0.6 is 0 Å². The number of aryl methyl sites for hydroxylation is 1. The van der Waals surface area contributed by atoms with E-state index in [2.05, 4.69) is 9.97 Å². The number of hydrogen-bond donors (Lipinski definition) is 0. The van der Waals surface area contributed by atoms with Gasteiger partial charge in [-0.15, -0.1) is 0 Å². The maximum absolute atomic E-state index is 13.6. The van der Waals surface area contributed by atoms with E-state index in [1.54, 1.807) is 23.7 Å². The Morgan fingerprint density at radius 2 is 1.83 bits per heavy atom. The lowest BCUT2D eigenvalue weighted by molar-refractivity contribution is -0.143. The number of nitrogens with zero attached hydrogens (tertiary/aromatic N) is 4. The third kappa shape index (κ3) is 4.82. The summed E-state index contributed by atoms with van der Waals surface area (Å²) in [5.74, 6) is 0.131. The van der Waals surface area contributed by atoms with Gasteiger partial charge in [-0.2, -0.15) is 5.10 Å². The standard InChI is InChI=1S/C27H23FN4O3/c1-2-34-24(33)9-6-14-32-16-22(25(31-32)19-10-12-20(28)13-11-19)26-21-15-23(18-7-4-3-5-8-18)35-27(21)30-17-29-26/h3-5,7-8,10-13,15-17H,2,6,9,14H2,1H3. The molecule has 0 aliphatic rings. The molecule has 0 saturated heterocycles. The van der Waals surface area contributed by atoms with Gasteiger partial charge in [0.2, 0.25) is 5.71 Å². The van der Waals surface area contributed by atoms with Crippen molar-refractivity contribution in [2.24, 2.45) is 0 Å². The number of halogens is 1. The first-order valence-electron chi connectivity index (χ1n) is 11.4. The van der Waals surface area contributed by atoms with Crippen LogP contribution in [-0.2, 0) is 16.1 Å². The maximum Gasteiger partial charge on any atom is 0.305 e. The van der Waals surface area contributed by atoms with Crippen LogP contribution in [0.25, 0.3) is 44.9 Å². The average Bonchev–Trinajstić information content (AvgIpc) is 3.50. The van der Waals surface area contributed by atoms with E-state index in [0.29, 0.717) is 48.9 Å². The minimum Gasteiger partial charge on any atom is -0.466 e. The van der Waals surface area contributed by atoms with Crippen LogP contribution < -0.4 is 0 Å². The van der Waals surface area contributed by atoms with E-state index in [1.165, 1.54) is 18.5 Å². The lowest BCUT2D eigenvalue weighted by Crippen LogP contribution is -2.06. The SMILES string of the molecule is CCOC(=O)CCCn1cc(-c2ncnc3oc(-c4ccccc4)cc23)c(-c2ccc(F)cc2)n1. The molecule has 0 amide bonds. The molecule has 3 heterocycles. The number of carbonyl (C=O) groups excluding carboxylic acids is 1. The summed E-state index contributed by atoms with van der Waals surface area (Å²) in [5, 5.41) is 5.50. The zero-order valence-electron chi connectivity index (χ0n) is 19.1. The van der Waals surface area contributed by atoms with Crippen molar-refractivity contribution >= 4 is 17.1 Å². The van der Waals surface area contributed by atoms with Crippen molar-refractivity contribution in [1.82, 2.24) is 19.7 Å². The van der Waals surface area contributed by atoms with E-state index >= 15 is 0 Å². The number of esters is 1. The first-order valence-corrected chi connectivity index (χ1v) is 11.4.